The van der Waals surface area contributed by atoms with E-state index in [4.69, 9.17) is 37.2 Å². The highest BCUT2D eigenvalue weighted by molar-refractivity contribution is 6.44. The summed E-state index contributed by atoms with van der Waals surface area (Å²) in [6.45, 7) is 3.27. The van der Waals surface area contributed by atoms with Gasteiger partial charge < -0.3 is 19.3 Å². The van der Waals surface area contributed by atoms with Crippen molar-refractivity contribution in [2.75, 3.05) is 5.32 Å². The van der Waals surface area contributed by atoms with E-state index in [1.807, 2.05) is 0 Å². The number of esters is 1. The van der Waals surface area contributed by atoms with Gasteiger partial charge in [0.05, 0.1) is 21.3 Å². The zero-order chi connectivity index (χ0) is 21.7. The summed E-state index contributed by atoms with van der Waals surface area (Å²) in [4.78, 5) is 28.6. The third-order valence-corrected chi connectivity index (χ3v) is 4.71. The van der Waals surface area contributed by atoms with E-state index < -0.39 is 18.0 Å². The van der Waals surface area contributed by atoms with Gasteiger partial charge in [-0.15, -0.1) is 0 Å². The Balaban J connectivity index is 1.54. The van der Waals surface area contributed by atoms with Gasteiger partial charge in [0.2, 0.25) is 11.7 Å². The Labute approximate surface area is 182 Å². The second-order valence-electron chi connectivity index (χ2n) is 6.18. The van der Waals surface area contributed by atoms with Crippen molar-refractivity contribution in [3.05, 3.63) is 69.8 Å². The summed E-state index contributed by atoms with van der Waals surface area (Å²) < 4.78 is 15.6. The van der Waals surface area contributed by atoms with Crippen LogP contribution in [0.2, 0.25) is 10.0 Å². The molecule has 1 N–H and O–H groups in total. The summed E-state index contributed by atoms with van der Waals surface area (Å²) in [6, 6.07) is 11.1. The first-order valence-corrected chi connectivity index (χ1v) is 9.57. The molecule has 10 heteroatoms. The molecule has 1 unspecified atom stereocenters. The third kappa shape index (κ3) is 5.49. The van der Waals surface area contributed by atoms with E-state index in [0.717, 1.165) is 0 Å². The summed E-state index contributed by atoms with van der Waals surface area (Å²) >= 11 is 12.0. The van der Waals surface area contributed by atoms with Crippen LogP contribution in [-0.4, -0.2) is 28.1 Å². The molecule has 3 aromatic rings. The Kier molecular flexibility index (Phi) is 6.91. The summed E-state index contributed by atoms with van der Waals surface area (Å²) in [5.41, 5.74) is 0.591. The minimum Gasteiger partial charge on any atom is -0.485 e. The van der Waals surface area contributed by atoms with Gasteiger partial charge in [0.25, 0.3) is 5.91 Å². The lowest BCUT2D eigenvalue weighted by molar-refractivity contribution is -0.123. The molecule has 1 aromatic heterocycles. The van der Waals surface area contributed by atoms with Crippen LogP contribution in [0.3, 0.4) is 0 Å². The molecule has 3 rings (SSSR count). The number of carbonyl (C=O) groups is 2. The highest BCUT2D eigenvalue weighted by Gasteiger charge is 2.20. The number of halogens is 2. The molecule has 8 nitrogen and oxygen atoms in total. The van der Waals surface area contributed by atoms with E-state index in [1.54, 1.807) is 37.3 Å². The fraction of sp³-hybridized carbons (Fsp3) is 0.200. The molecule has 0 aliphatic heterocycles. The third-order valence-electron chi connectivity index (χ3n) is 3.89. The molecule has 0 aliphatic carbocycles. The van der Waals surface area contributed by atoms with Gasteiger partial charge in [-0.05, 0) is 43.3 Å². The lowest BCUT2D eigenvalue weighted by atomic mass is 10.2. The summed E-state index contributed by atoms with van der Waals surface area (Å²) in [7, 11) is 0. The largest absolute Gasteiger partial charge is 0.485 e. The number of anilines is 1. The van der Waals surface area contributed by atoms with Crippen LogP contribution < -0.4 is 10.1 Å². The summed E-state index contributed by atoms with van der Waals surface area (Å²) in [5.74, 6) is 0.173. The zero-order valence-corrected chi connectivity index (χ0v) is 17.5. The molecule has 0 radical (unpaired) electrons. The minimum atomic E-state index is -1.05. The lowest BCUT2D eigenvalue weighted by Gasteiger charge is -2.14. The van der Waals surface area contributed by atoms with Crippen LogP contribution >= 0.6 is 23.2 Å². The van der Waals surface area contributed by atoms with E-state index in [9.17, 15) is 9.59 Å². The van der Waals surface area contributed by atoms with E-state index in [-0.39, 0.29) is 17.2 Å². The van der Waals surface area contributed by atoms with Gasteiger partial charge in [-0.3, -0.25) is 4.79 Å². The molecule has 0 saturated heterocycles. The van der Waals surface area contributed by atoms with Gasteiger partial charge in [0.1, 0.15) is 5.75 Å². The monoisotopic (exact) mass is 449 g/mol. The predicted octanol–water partition coefficient (Wildman–Crippen LogP) is 4.45. The van der Waals surface area contributed by atoms with E-state index >= 15 is 0 Å². The van der Waals surface area contributed by atoms with Crippen molar-refractivity contribution >= 4 is 40.8 Å². The Morgan fingerprint density at radius 1 is 1.17 bits per heavy atom. The number of aromatic nitrogens is 2. The number of carbonyl (C=O) groups excluding carboxylic acids is 2. The first-order valence-electron chi connectivity index (χ1n) is 8.81. The SMILES string of the molecule is Cc1nc(COc2ccc(C(=O)OC(C)C(=O)Nc3cccc(Cl)c3Cl)cc2)no1. The highest BCUT2D eigenvalue weighted by atomic mass is 35.5. The first kappa shape index (κ1) is 21.6. The number of amides is 1. The average Bonchev–Trinajstić information content (AvgIpc) is 3.15. The number of nitrogens with one attached hydrogen (secondary N) is 1. The zero-order valence-electron chi connectivity index (χ0n) is 16.0. The quantitative estimate of drug-likeness (QED) is 0.531. The Morgan fingerprint density at radius 2 is 1.90 bits per heavy atom. The molecule has 0 fully saturated rings. The number of rotatable bonds is 7. The maximum atomic E-state index is 12.3. The average molecular weight is 450 g/mol. The normalized spacial score (nSPS) is 11.6. The van der Waals surface area contributed by atoms with Crippen molar-refractivity contribution in [2.45, 2.75) is 26.6 Å². The van der Waals surface area contributed by atoms with Crippen molar-refractivity contribution < 1.29 is 23.6 Å². The fourth-order valence-corrected chi connectivity index (χ4v) is 2.70. The maximum absolute atomic E-state index is 12.3. The smallest absolute Gasteiger partial charge is 0.338 e. The second kappa shape index (κ2) is 9.60. The molecular formula is C20H17Cl2N3O5. The van der Waals surface area contributed by atoms with E-state index in [1.165, 1.54) is 19.1 Å². The van der Waals surface area contributed by atoms with Crippen LogP contribution in [0.15, 0.2) is 47.0 Å². The molecule has 156 valence electrons. The summed E-state index contributed by atoms with van der Waals surface area (Å²) in [6.07, 6.45) is -1.05. The number of ether oxygens (including phenoxy) is 2. The van der Waals surface area contributed by atoms with Crippen molar-refractivity contribution in [1.29, 1.82) is 0 Å². The van der Waals surface area contributed by atoms with Crippen LogP contribution in [0.25, 0.3) is 0 Å². The predicted molar refractivity (Wildman–Crippen MR) is 110 cm³/mol. The molecule has 1 amide bonds. The summed E-state index contributed by atoms with van der Waals surface area (Å²) in [5, 5.41) is 6.81. The molecule has 0 saturated carbocycles. The molecule has 1 heterocycles. The van der Waals surface area contributed by atoms with Gasteiger partial charge in [0.15, 0.2) is 12.7 Å². The van der Waals surface area contributed by atoms with Crippen molar-refractivity contribution in [1.82, 2.24) is 10.1 Å². The lowest BCUT2D eigenvalue weighted by Crippen LogP contribution is -2.30. The Morgan fingerprint density at radius 3 is 2.57 bits per heavy atom. The maximum Gasteiger partial charge on any atom is 0.338 e. The minimum absolute atomic E-state index is 0.129. The molecule has 0 spiro atoms. The number of hydrogen-bond acceptors (Lipinski definition) is 7. The van der Waals surface area contributed by atoms with E-state index in [0.29, 0.717) is 28.2 Å². The number of nitrogens with zero attached hydrogens (tertiary/aromatic N) is 2. The molecule has 0 aliphatic rings. The van der Waals surface area contributed by atoms with Crippen molar-refractivity contribution in [2.24, 2.45) is 0 Å². The van der Waals surface area contributed by atoms with Gasteiger partial charge in [0, 0.05) is 6.92 Å². The van der Waals surface area contributed by atoms with Gasteiger partial charge in [-0.2, -0.15) is 4.98 Å². The molecular weight excluding hydrogens is 433 g/mol. The van der Waals surface area contributed by atoms with E-state index in [2.05, 4.69) is 15.5 Å². The van der Waals surface area contributed by atoms with Gasteiger partial charge in [-0.1, -0.05) is 34.4 Å². The van der Waals surface area contributed by atoms with Crippen LogP contribution in [-0.2, 0) is 16.1 Å². The number of hydrogen-bond donors (Lipinski definition) is 1. The van der Waals surface area contributed by atoms with Crippen LogP contribution in [0, 0.1) is 6.92 Å². The highest BCUT2D eigenvalue weighted by Crippen LogP contribution is 2.29. The topological polar surface area (TPSA) is 104 Å². The number of benzene rings is 2. The second-order valence-corrected chi connectivity index (χ2v) is 6.97. The van der Waals surface area contributed by atoms with Crippen LogP contribution in [0.4, 0.5) is 5.69 Å². The Hall–Kier alpha value is -3.10. The Bertz CT molecular complexity index is 1050. The van der Waals surface area contributed by atoms with Crippen molar-refractivity contribution in [3.8, 4) is 5.75 Å². The molecule has 30 heavy (non-hydrogen) atoms. The van der Waals surface area contributed by atoms with Crippen molar-refractivity contribution in [3.63, 3.8) is 0 Å². The molecule has 1 atom stereocenters. The number of aryl methyl sites for hydroxylation is 1. The van der Waals surface area contributed by atoms with Gasteiger partial charge >= 0.3 is 5.97 Å². The van der Waals surface area contributed by atoms with Crippen LogP contribution in [0.1, 0.15) is 29.0 Å². The molecule has 0 bridgehead atoms. The van der Waals surface area contributed by atoms with Crippen LogP contribution in [0.5, 0.6) is 5.75 Å². The first-order chi connectivity index (χ1) is 14.3. The molecule has 2 aromatic carbocycles. The fourth-order valence-electron chi connectivity index (χ4n) is 2.35. The van der Waals surface area contributed by atoms with Gasteiger partial charge in [-0.25, -0.2) is 4.79 Å². The standard InChI is InChI=1S/C20H17Cl2N3O5/c1-11(19(26)24-16-5-3-4-15(21)18(16)22)29-20(27)13-6-8-14(9-7-13)28-10-17-23-12(2)30-25-17/h3-9,11H,10H2,1-2H3,(H,24,26).